The van der Waals surface area contributed by atoms with Crippen LogP contribution in [0, 0.1) is 11.3 Å². The van der Waals surface area contributed by atoms with E-state index in [0.717, 1.165) is 31.5 Å². The van der Waals surface area contributed by atoms with Crippen molar-refractivity contribution in [1.82, 2.24) is 5.32 Å². The van der Waals surface area contributed by atoms with Crippen molar-refractivity contribution in [1.29, 1.82) is 5.26 Å². The molecule has 0 saturated carbocycles. The van der Waals surface area contributed by atoms with Gasteiger partial charge < -0.3 is 10.2 Å². The van der Waals surface area contributed by atoms with Crippen molar-refractivity contribution < 1.29 is 4.79 Å². The van der Waals surface area contributed by atoms with Crippen LogP contribution in [-0.2, 0) is 11.2 Å². The van der Waals surface area contributed by atoms with E-state index in [1.165, 1.54) is 5.56 Å². The van der Waals surface area contributed by atoms with E-state index in [4.69, 9.17) is 5.26 Å². The van der Waals surface area contributed by atoms with E-state index < -0.39 is 0 Å². The average molecular weight is 269 g/mol. The molecule has 20 heavy (non-hydrogen) atoms. The van der Waals surface area contributed by atoms with Gasteiger partial charge in [-0.25, -0.2) is 0 Å². The number of para-hydroxylation sites is 1. The number of hydrogen-bond donors (Lipinski definition) is 1. The van der Waals surface area contributed by atoms with Crippen molar-refractivity contribution in [3.05, 3.63) is 41.6 Å². The third-order valence-corrected chi connectivity index (χ3v) is 3.39. The second kappa shape index (κ2) is 6.76. The molecule has 0 unspecified atom stereocenters. The number of benzene rings is 1. The molecule has 1 aromatic carbocycles. The largest absolute Gasteiger partial charge is 0.351 e. The summed E-state index contributed by atoms with van der Waals surface area (Å²) in [5, 5.41) is 11.9. The zero-order chi connectivity index (χ0) is 14.4. The average Bonchev–Trinajstić information content (AvgIpc) is 2.88. The van der Waals surface area contributed by atoms with Gasteiger partial charge in [0.15, 0.2) is 0 Å². The molecular weight excluding hydrogens is 250 g/mol. The first kappa shape index (κ1) is 14.1. The van der Waals surface area contributed by atoms with Gasteiger partial charge in [0.25, 0.3) is 5.91 Å². The molecule has 1 aliphatic heterocycles. The first-order chi connectivity index (χ1) is 9.76. The predicted molar refractivity (Wildman–Crippen MR) is 79.1 cm³/mol. The fraction of sp³-hybridized carbons (Fsp3) is 0.375. The molecule has 1 aliphatic rings. The summed E-state index contributed by atoms with van der Waals surface area (Å²) in [5.74, 6) is -0.287. The molecule has 4 nitrogen and oxygen atoms in total. The smallest absolute Gasteiger partial charge is 0.263 e. The van der Waals surface area contributed by atoms with E-state index in [1.54, 1.807) is 6.20 Å². The van der Waals surface area contributed by atoms with Gasteiger partial charge in [-0.15, -0.1) is 0 Å². The number of nitrogens with zero attached hydrogens (tertiary/aromatic N) is 2. The molecule has 0 radical (unpaired) electrons. The quantitative estimate of drug-likeness (QED) is 0.507. The van der Waals surface area contributed by atoms with E-state index in [9.17, 15) is 4.79 Å². The highest BCUT2D eigenvalue weighted by Gasteiger charge is 2.18. The summed E-state index contributed by atoms with van der Waals surface area (Å²) >= 11 is 0. The second-order valence-electron chi connectivity index (χ2n) is 4.84. The zero-order valence-electron chi connectivity index (χ0n) is 11.7. The standard InChI is InChI=1S/C16H19N3O/c1-2-3-9-18-16(20)14(11-17)12-19-10-8-13-6-4-5-7-15(13)19/h4-7,12H,2-3,8-10H2,1H3,(H,18,20)/b14-12-. The highest BCUT2D eigenvalue weighted by molar-refractivity contribution is 5.97. The lowest BCUT2D eigenvalue weighted by atomic mass is 10.2. The highest BCUT2D eigenvalue weighted by atomic mass is 16.1. The lowest BCUT2D eigenvalue weighted by Crippen LogP contribution is -2.27. The van der Waals surface area contributed by atoms with Crippen LogP contribution in [0.15, 0.2) is 36.0 Å². The molecule has 0 aliphatic carbocycles. The molecule has 1 amide bonds. The lowest BCUT2D eigenvalue weighted by molar-refractivity contribution is -0.117. The molecule has 0 fully saturated rings. The van der Waals surface area contributed by atoms with Gasteiger partial charge in [0.1, 0.15) is 11.6 Å². The van der Waals surface area contributed by atoms with Crippen LogP contribution in [0.25, 0.3) is 0 Å². The van der Waals surface area contributed by atoms with Gasteiger partial charge in [-0.2, -0.15) is 5.26 Å². The molecule has 104 valence electrons. The minimum Gasteiger partial charge on any atom is -0.351 e. The van der Waals surface area contributed by atoms with Gasteiger partial charge in [0.05, 0.1) is 0 Å². The summed E-state index contributed by atoms with van der Waals surface area (Å²) in [7, 11) is 0. The third kappa shape index (κ3) is 3.18. The van der Waals surface area contributed by atoms with Crippen LogP contribution < -0.4 is 10.2 Å². The molecule has 0 spiro atoms. The van der Waals surface area contributed by atoms with E-state index >= 15 is 0 Å². The van der Waals surface area contributed by atoms with Crippen molar-refractivity contribution in [3.63, 3.8) is 0 Å². The molecule has 1 N–H and O–H groups in total. The monoisotopic (exact) mass is 269 g/mol. The Bertz CT molecular complexity index is 557. The van der Waals surface area contributed by atoms with Crippen molar-refractivity contribution in [2.75, 3.05) is 18.0 Å². The minimum absolute atomic E-state index is 0.165. The Morgan fingerprint density at radius 1 is 1.50 bits per heavy atom. The summed E-state index contributed by atoms with van der Waals surface area (Å²) in [6, 6.07) is 10.1. The Kier molecular flexibility index (Phi) is 4.78. The third-order valence-electron chi connectivity index (χ3n) is 3.39. The fourth-order valence-corrected chi connectivity index (χ4v) is 2.27. The van der Waals surface area contributed by atoms with Crippen molar-refractivity contribution in [3.8, 4) is 6.07 Å². The Hall–Kier alpha value is -2.28. The maximum Gasteiger partial charge on any atom is 0.263 e. The van der Waals surface area contributed by atoms with Crippen molar-refractivity contribution >= 4 is 11.6 Å². The predicted octanol–water partition coefficient (Wildman–Crippen LogP) is 2.37. The molecule has 1 aromatic rings. The minimum atomic E-state index is -0.287. The van der Waals surface area contributed by atoms with Crippen LogP contribution in [0.3, 0.4) is 0 Å². The summed E-state index contributed by atoms with van der Waals surface area (Å²) in [5.41, 5.74) is 2.51. The van der Waals surface area contributed by atoms with Crippen molar-refractivity contribution in [2.24, 2.45) is 0 Å². The number of amides is 1. The SMILES string of the molecule is CCCCNC(=O)/C(C#N)=C\N1CCc2ccccc21. The first-order valence-electron chi connectivity index (χ1n) is 7.01. The molecule has 0 bridgehead atoms. The topological polar surface area (TPSA) is 56.1 Å². The first-order valence-corrected chi connectivity index (χ1v) is 7.01. The molecule has 0 saturated heterocycles. The maximum absolute atomic E-state index is 11.9. The van der Waals surface area contributed by atoms with Gasteiger partial charge in [-0.1, -0.05) is 31.5 Å². The van der Waals surface area contributed by atoms with Crippen LogP contribution in [0.5, 0.6) is 0 Å². The van der Waals surface area contributed by atoms with Gasteiger partial charge in [-0.05, 0) is 24.5 Å². The Labute approximate surface area is 119 Å². The molecule has 2 rings (SSSR count). The van der Waals surface area contributed by atoms with Gasteiger partial charge >= 0.3 is 0 Å². The van der Waals surface area contributed by atoms with Crippen LogP contribution in [0.4, 0.5) is 5.69 Å². The Balaban J connectivity index is 2.09. The number of rotatable bonds is 5. The van der Waals surface area contributed by atoms with E-state index in [1.807, 2.05) is 29.2 Å². The molecular formula is C16H19N3O. The summed E-state index contributed by atoms with van der Waals surface area (Å²) in [6.45, 7) is 3.49. The summed E-state index contributed by atoms with van der Waals surface area (Å²) in [6.07, 6.45) is 4.55. The number of carbonyl (C=O) groups excluding carboxylic acids is 1. The Morgan fingerprint density at radius 3 is 3.05 bits per heavy atom. The maximum atomic E-state index is 11.9. The van der Waals surface area contributed by atoms with Crippen LogP contribution in [0.1, 0.15) is 25.3 Å². The molecule has 0 atom stereocenters. The van der Waals surface area contributed by atoms with Gasteiger partial charge in [0, 0.05) is 25.0 Å². The fourth-order valence-electron chi connectivity index (χ4n) is 2.27. The highest BCUT2D eigenvalue weighted by Crippen LogP contribution is 2.27. The number of nitrogens with one attached hydrogen (secondary N) is 1. The van der Waals surface area contributed by atoms with E-state index in [-0.39, 0.29) is 11.5 Å². The number of carbonyl (C=O) groups is 1. The normalized spacial score (nSPS) is 13.8. The van der Waals surface area contributed by atoms with Crippen LogP contribution in [0.2, 0.25) is 0 Å². The number of fused-ring (bicyclic) bond motifs is 1. The van der Waals surface area contributed by atoms with E-state index in [2.05, 4.69) is 18.3 Å². The lowest BCUT2D eigenvalue weighted by Gasteiger charge is -2.14. The van der Waals surface area contributed by atoms with E-state index in [0.29, 0.717) is 6.54 Å². The molecule has 0 aromatic heterocycles. The number of anilines is 1. The van der Waals surface area contributed by atoms with Crippen molar-refractivity contribution in [2.45, 2.75) is 26.2 Å². The Morgan fingerprint density at radius 2 is 2.30 bits per heavy atom. The summed E-state index contributed by atoms with van der Waals surface area (Å²) in [4.78, 5) is 13.9. The molecule has 4 heteroatoms. The van der Waals surface area contributed by atoms with Crippen LogP contribution in [-0.4, -0.2) is 19.0 Å². The second-order valence-corrected chi connectivity index (χ2v) is 4.84. The zero-order valence-corrected chi connectivity index (χ0v) is 11.7. The summed E-state index contributed by atoms with van der Waals surface area (Å²) < 4.78 is 0. The number of unbranched alkanes of at least 4 members (excludes halogenated alkanes) is 1. The van der Waals surface area contributed by atoms with Gasteiger partial charge in [-0.3, -0.25) is 4.79 Å². The van der Waals surface area contributed by atoms with Crippen LogP contribution >= 0.6 is 0 Å². The number of hydrogen-bond acceptors (Lipinski definition) is 3. The van der Waals surface area contributed by atoms with Gasteiger partial charge in [0.2, 0.25) is 0 Å². The number of nitriles is 1. The molecule has 1 heterocycles.